The largest absolute Gasteiger partial charge is 0.385 e. The van der Waals surface area contributed by atoms with Crippen molar-refractivity contribution >= 4 is 0 Å². The maximum absolute atomic E-state index is 3.59. The molecule has 104 valence electrons. The number of hydrogen-bond acceptors (Lipinski definition) is 1. The van der Waals surface area contributed by atoms with Crippen LogP contribution in [0.2, 0.25) is 0 Å². The lowest BCUT2D eigenvalue weighted by Gasteiger charge is -2.20. The van der Waals surface area contributed by atoms with Crippen molar-refractivity contribution < 1.29 is 0 Å². The SMILES string of the molecule is CCCCC1=CC=C(CCC(CC)CCC)NC1. The molecule has 0 aliphatic carbocycles. The quantitative estimate of drug-likeness (QED) is 0.592. The summed E-state index contributed by atoms with van der Waals surface area (Å²) >= 11 is 0. The van der Waals surface area contributed by atoms with Gasteiger partial charge in [-0.2, -0.15) is 0 Å². The molecular formula is C17H31N. The normalized spacial score (nSPS) is 16.8. The van der Waals surface area contributed by atoms with Gasteiger partial charge in [-0.1, -0.05) is 58.1 Å². The zero-order chi connectivity index (χ0) is 13.2. The smallest absolute Gasteiger partial charge is 0.0360 e. The Morgan fingerprint density at radius 1 is 1.06 bits per heavy atom. The van der Waals surface area contributed by atoms with Gasteiger partial charge in [0.15, 0.2) is 0 Å². The van der Waals surface area contributed by atoms with Crippen LogP contribution in [-0.2, 0) is 0 Å². The fourth-order valence-electron chi connectivity index (χ4n) is 2.63. The monoisotopic (exact) mass is 249 g/mol. The molecule has 0 saturated heterocycles. The third-order valence-corrected chi connectivity index (χ3v) is 4.01. The van der Waals surface area contributed by atoms with Gasteiger partial charge in [0.25, 0.3) is 0 Å². The molecule has 0 aromatic rings. The lowest BCUT2D eigenvalue weighted by atomic mass is 9.94. The van der Waals surface area contributed by atoms with E-state index in [0.717, 1.165) is 12.5 Å². The molecular weight excluding hydrogens is 218 g/mol. The zero-order valence-electron chi connectivity index (χ0n) is 12.6. The summed E-state index contributed by atoms with van der Waals surface area (Å²) in [4.78, 5) is 0. The van der Waals surface area contributed by atoms with E-state index in [0.29, 0.717) is 0 Å². The molecule has 0 bridgehead atoms. The predicted molar refractivity (Wildman–Crippen MR) is 81.6 cm³/mol. The molecule has 1 heteroatoms. The molecule has 1 aliphatic rings. The molecule has 0 radical (unpaired) electrons. The van der Waals surface area contributed by atoms with Gasteiger partial charge in [0.2, 0.25) is 0 Å². The first kappa shape index (κ1) is 15.3. The van der Waals surface area contributed by atoms with Gasteiger partial charge in [0.05, 0.1) is 0 Å². The molecule has 0 aromatic carbocycles. The molecule has 0 amide bonds. The molecule has 0 fully saturated rings. The van der Waals surface area contributed by atoms with Gasteiger partial charge in [-0.3, -0.25) is 0 Å². The van der Waals surface area contributed by atoms with Crippen molar-refractivity contribution in [3.8, 4) is 0 Å². The first-order chi connectivity index (χ1) is 8.80. The van der Waals surface area contributed by atoms with Crippen molar-refractivity contribution in [3.63, 3.8) is 0 Å². The summed E-state index contributed by atoms with van der Waals surface area (Å²) in [5.74, 6) is 0.920. The number of dihydropyridines is 1. The van der Waals surface area contributed by atoms with Crippen molar-refractivity contribution in [3.05, 3.63) is 23.4 Å². The Morgan fingerprint density at radius 2 is 1.89 bits per heavy atom. The Hall–Kier alpha value is -0.720. The number of allylic oxidation sites excluding steroid dienone is 3. The lowest BCUT2D eigenvalue weighted by Crippen LogP contribution is -2.20. The Bertz CT molecular complexity index is 275. The molecule has 1 heterocycles. The van der Waals surface area contributed by atoms with Crippen LogP contribution in [0.1, 0.15) is 72.1 Å². The fraction of sp³-hybridized carbons (Fsp3) is 0.765. The van der Waals surface area contributed by atoms with Crippen LogP contribution in [0.5, 0.6) is 0 Å². The predicted octanol–water partition coefficient (Wildman–Crippen LogP) is 5.20. The molecule has 1 aliphatic heterocycles. The number of hydrogen-bond donors (Lipinski definition) is 1. The zero-order valence-corrected chi connectivity index (χ0v) is 12.6. The van der Waals surface area contributed by atoms with Crippen LogP contribution >= 0.6 is 0 Å². The minimum atomic E-state index is 0.920. The Labute approximate surface area is 114 Å². The second-order valence-corrected chi connectivity index (χ2v) is 5.58. The van der Waals surface area contributed by atoms with Crippen LogP contribution in [0.3, 0.4) is 0 Å². The van der Waals surface area contributed by atoms with Crippen LogP contribution in [0, 0.1) is 5.92 Å². The van der Waals surface area contributed by atoms with E-state index >= 15 is 0 Å². The third-order valence-electron chi connectivity index (χ3n) is 4.01. The summed E-state index contributed by atoms with van der Waals surface area (Å²) in [5.41, 5.74) is 3.02. The van der Waals surface area contributed by atoms with Crippen LogP contribution in [0.4, 0.5) is 0 Å². The second kappa shape index (κ2) is 9.24. The standard InChI is InChI=1S/C17H31N/c1-4-7-9-16-11-13-17(18-14-16)12-10-15(6-3)8-5-2/h11,13,15,18H,4-10,12,14H2,1-3H3. The van der Waals surface area contributed by atoms with E-state index in [4.69, 9.17) is 0 Å². The van der Waals surface area contributed by atoms with E-state index in [1.165, 1.54) is 57.1 Å². The number of unbranched alkanes of at least 4 members (excludes halogenated alkanes) is 1. The van der Waals surface area contributed by atoms with Crippen LogP contribution < -0.4 is 5.32 Å². The third kappa shape index (κ3) is 5.75. The van der Waals surface area contributed by atoms with E-state index in [1.54, 1.807) is 5.57 Å². The highest BCUT2D eigenvalue weighted by molar-refractivity contribution is 5.23. The average Bonchev–Trinajstić information content (AvgIpc) is 2.42. The van der Waals surface area contributed by atoms with E-state index in [9.17, 15) is 0 Å². The maximum Gasteiger partial charge on any atom is 0.0360 e. The molecule has 1 unspecified atom stereocenters. The number of rotatable bonds is 9. The van der Waals surface area contributed by atoms with E-state index in [2.05, 4.69) is 38.2 Å². The molecule has 1 nitrogen and oxygen atoms in total. The minimum absolute atomic E-state index is 0.920. The van der Waals surface area contributed by atoms with Gasteiger partial charge < -0.3 is 5.32 Å². The summed E-state index contributed by atoms with van der Waals surface area (Å²) < 4.78 is 0. The summed E-state index contributed by atoms with van der Waals surface area (Å²) in [6.45, 7) is 7.96. The summed E-state index contributed by atoms with van der Waals surface area (Å²) in [6.07, 6.45) is 15.2. The Morgan fingerprint density at radius 3 is 2.44 bits per heavy atom. The molecule has 1 rings (SSSR count). The van der Waals surface area contributed by atoms with Crippen LogP contribution in [0.15, 0.2) is 23.4 Å². The highest BCUT2D eigenvalue weighted by Gasteiger charge is 2.09. The van der Waals surface area contributed by atoms with Crippen molar-refractivity contribution in [2.24, 2.45) is 5.92 Å². The highest BCUT2D eigenvalue weighted by atomic mass is 14.9. The summed E-state index contributed by atoms with van der Waals surface area (Å²) in [5, 5.41) is 3.59. The van der Waals surface area contributed by atoms with Crippen molar-refractivity contribution in [2.75, 3.05) is 6.54 Å². The van der Waals surface area contributed by atoms with Gasteiger partial charge in [-0.15, -0.1) is 0 Å². The highest BCUT2D eigenvalue weighted by Crippen LogP contribution is 2.21. The van der Waals surface area contributed by atoms with Gasteiger partial charge >= 0.3 is 0 Å². The Balaban J connectivity index is 2.31. The first-order valence-corrected chi connectivity index (χ1v) is 7.92. The molecule has 1 atom stereocenters. The van der Waals surface area contributed by atoms with Crippen molar-refractivity contribution in [2.45, 2.75) is 72.1 Å². The second-order valence-electron chi connectivity index (χ2n) is 5.58. The molecule has 0 aromatic heterocycles. The molecule has 18 heavy (non-hydrogen) atoms. The van der Waals surface area contributed by atoms with E-state index < -0.39 is 0 Å². The first-order valence-electron chi connectivity index (χ1n) is 7.92. The molecule has 1 N–H and O–H groups in total. The lowest BCUT2D eigenvalue weighted by molar-refractivity contribution is 0.427. The Kier molecular flexibility index (Phi) is 7.88. The average molecular weight is 249 g/mol. The van der Waals surface area contributed by atoms with Gasteiger partial charge in [0.1, 0.15) is 0 Å². The minimum Gasteiger partial charge on any atom is -0.385 e. The number of nitrogens with one attached hydrogen (secondary N) is 1. The van der Waals surface area contributed by atoms with Gasteiger partial charge in [-0.05, 0) is 37.7 Å². The van der Waals surface area contributed by atoms with E-state index in [1.807, 2.05) is 0 Å². The fourth-order valence-corrected chi connectivity index (χ4v) is 2.63. The molecule has 0 spiro atoms. The topological polar surface area (TPSA) is 12.0 Å². The van der Waals surface area contributed by atoms with Gasteiger partial charge in [-0.25, -0.2) is 0 Å². The van der Waals surface area contributed by atoms with Crippen LogP contribution in [0.25, 0.3) is 0 Å². The van der Waals surface area contributed by atoms with Gasteiger partial charge in [0, 0.05) is 12.2 Å². The van der Waals surface area contributed by atoms with Crippen molar-refractivity contribution in [1.82, 2.24) is 5.32 Å². The summed E-state index contributed by atoms with van der Waals surface area (Å²) in [6, 6.07) is 0. The molecule has 0 saturated carbocycles. The van der Waals surface area contributed by atoms with Crippen molar-refractivity contribution in [1.29, 1.82) is 0 Å². The van der Waals surface area contributed by atoms with E-state index in [-0.39, 0.29) is 0 Å². The summed E-state index contributed by atoms with van der Waals surface area (Å²) in [7, 11) is 0. The maximum atomic E-state index is 3.59. The van der Waals surface area contributed by atoms with Crippen LogP contribution in [-0.4, -0.2) is 6.54 Å².